The lowest BCUT2D eigenvalue weighted by molar-refractivity contribution is -0.135. The highest BCUT2D eigenvalue weighted by Gasteiger charge is 2.32. The molecule has 1 fully saturated rings. The van der Waals surface area contributed by atoms with E-state index in [1.165, 1.54) is 0 Å². The minimum Gasteiger partial charge on any atom is -0.334 e. The van der Waals surface area contributed by atoms with Gasteiger partial charge in [0.1, 0.15) is 0 Å². The largest absolute Gasteiger partial charge is 0.334 e. The Morgan fingerprint density at radius 3 is 2.88 bits per heavy atom. The van der Waals surface area contributed by atoms with Crippen molar-refractivity contribution in [3.8, 4) is 0 Å². The molecule has 2 rings (SSSR count). The zero-order valence-electron chi connectivity index (χ0n) is 10.7. The maximum absolute atomic E-state index is 12.1. The Morgan fingerprint density at radius 2 is 2.24 bits per heavy atom. The molecule has 2 heterocycles. The first-order chi connectivity index (χ1) is 8.09. The minimum atomic E-state index is 0.0494. The van der Waals surface area contributed by atoms with Gasteiger partial charge in [-0.05, 0) is 19.8 Å². The van der Waals surface area contributed by atoms with Gasteiger partial charge in [0.15, 0.2) is 0 Å². The quantitative estimate of drug-likeness (QED) is 0.786. The topological polar surface area (TPSA) is 46.1 Å². The maximum atomic E-state index is 12.1. The van der Waals surface area contributed by atoms with Crippen LogP contribution in [0, 0.1) is 12.8 Å². The molecule has 0 N–H and O–H groups in total. The molecular weight excluding hydrogens is 214 g/mol. The number of amides is 1. The van der Waals surface area contributed by atoms with Crippen molar-refractivity contribution in [3.05, 3.63) is 23.8 Å². The summed E-state index contributed by atoms with van der Waals surface area (Å²) in [7, 11) is 0. The van der Waals surface area contributed by atoms with E-state index in [-0.39, 0.29) is 17.9 Å². The summed E-state index contributed by atoms with van der Waals surface area (Å²) in [6.07, 6.45) is 5.58. The summed E-state index contributed by atoms with van der Waals surface area (Å²) < 4.78 is 0. The van der Waals surface area contributed by atoms with Crippen molar-refractivity contribution in [1.82, 2.24) is 14.9 Å². The molecule has 17 heavy (non-hydrogen) atoms. The Morgan fingerprint density at radius 1 is 1.47 bits per heavy atom. The van der Waals surface area contributed by atoms with Crippen LogP contribution < -0.4 is 0 Å². The number of aryl methyl sites for hydroxylation is 1. The number of carbonyl (C=O) groups excluding carboxylic acids is 1. The third kappa shape index (κ3) is 2.46. The summed E-state index contributed by atoms with van der Waals surface area (Å²) >= 11 is 0. The number of nitrogens with zero attached hydrogens (tertiary/aromatic N) is 3. The molecule has 1 atom stereocenters. The Labute approximate surface area is 102 Å². The van der Waals surface area contributed by atoms with E-state index in [0.717, 1.165) is 30.8 Å². The highest BCUT2D eigenvalue weighted by molar-refractivity contribution is 5.78. The second kappa shape index (κ2) is 4.82. The summed E-state index contributed by atoms with van der Waals surface area (Å²) in [4.78, 5) is 22.7. The van der Waals surface area contributed by atoms with Gasteiger partial charge < -0.3 is 4.90 Å². The van der Waals surface area contributed by atoms with Crippen LogP contribution in [0.25, 0.3) is 0 Å². The molecule has 0 aliphatic carbocycles. The van der Waals surface area contributed by atoms with E-state index in [1.807, 2.05) is 25.7 Å². The van der Waals surface area contributed by atoms with Gasteiger partial charge in [-0.25, -0.2) is 0 Å². The predicted molar refractivity (Wildman–Crippen MR) is 65.3 cm³/mol. The average Bonchev–Trinajstić information content (AvgIpc) is 2.76. The van der Waals surface area contributed by atoms with Crippen LogP contribution in [0.4, 0.5) is 0 Å². The van der Waals surface area contributed by atoms with Crippen molar-refractivity contribution in [2.45, 2.75) is 39.7 Å². The molecule has 4 heteroatoms. The lowest BCUT2D eigenvalue weighted by Crippen LogP contribution is -2.34. The van der Waals surface area contributed by atoms with Crippen LogP contribution in [0.5, 0.6) is 0 Å². The first-order valence-electron chi connectivity index (χ1n) is 6.18. The molecule has 0 bridgehead atoms. The van der Waals surface area contributed by atoms with Crippen LogP contribution in [-0.4, -0.2) is 27.3 Å². The Hall–Kier alpha value is -1.45. The van der Waals surface area contributed by atoms with Gasteiger partial charge in [0.05, 0.1) is 23.6 Å². The smallest absolute Gasteiger partial charge is 0.225 e. The molecule has 1 saturated heterocycles. The van der Waals surface area contributed by atoms with E-state index in [0.29, 0.717) is 0 Å². The summed E-state index contributed by atoms with van der Waals surface area (Å²) in [6.45, 7) is 6.66. The number of rotatable bonds is 2. The fourth-order valence-corrected chi connectivity index (χ4v) is 2.31. The van der Waals surface area contributed by atoms with Crippen LogP contribution in [0.2, 0.25) is 0 Å². The number of aromatic nitrogens is 2. The molecule has 1 amide bonds. The molecule has 1 aliphatic rings. The molecule has 0 spiro atoms. The van der Waals surface area contributed by atoms with Crippen LogP contribution >= 0.6 is 0 Å². The van der Waals surface area contributed by atoms with Crippen LogP contribution in [0.1, 0.15) is 44.1 Å². The van der Waals surface area contributed by atoms with E-state index >= 15 is 0 Å². The summed E-state index contributed by atoms with van der Waals surface area (Å²) in [5, 5.41) is 0. The molecule has 1 aliphatic heterocycles. The molecule has 1 aromatic heterocycles. The van der Waals surface area contributed by atoms with Gasteiger partial charge in [-0.1, -0.05) is 13.8 Å². The minimum absolute atomic E-state index is 0.0494. The molecule has 1 aromatic rings. The van der Waals surface area contributed by atoms with Gasteiger partial charge in [-0.2, -0.15) is 0 Å². The Balaban J connectivity index is 2.23. The van der Waals surface area contributed by atoms with Crippen molar-refractivity contribution in [2.75, 3.05) is 6.54 Å². The second-order valence-corrected chi connectivity index (χ2v) is 4.93. The van der Waals surface area contributed by atoms with Gasteiger partial charge in [0.2, 0.25) is 5.91 Å². The lowest BCUT2D eigenvalue weighted by atomic mass is 10.1. The zero-order valence-corrected chi connectivity index (χ0v) is 10.7. The Bertz CT molecular complexity index is 417. The van der Waals surface area contributed by atoms with E-state index in [1.54, 1.807) is 12.4 Å². The summed E-state index contributed by atoms with van der Waals surface area (Å²) in [5.74, 6) is 0.268. The number of hydrogen-bond donors (Lipinski definition) is 0. The molecule has 92 valence electrons. The molecule has 0 aromatic carbocycles. The molecule has 0 radical (unpaired) electrons. The fourth-order valence-electron chi connectivity index (χ4n) is 2.31. The van der Waals surface area contributed by atoms with Crippen LogP contribution in [0.15, 0.2) is 12.4 Å². The van der Waals surface area contributed by atoms with Crippen LogP contribution in [0.3, 0.4) is 0 Å². The summed E-state index contributed by atoms with van der Waals surface area (Å²) in [5.41, 5.74) is 1.84. The van der Waals surface area contributed by atoms with Crippen molar-refractivity contribution in [1.29, 1.82) is 0 Å². The molecule has 0 saturated carbocycles. The molecule has 0 unspecified atom stereocenters. The first-order valence-corrected chi connectivity index (χ1v) is 6.18. The van der Waals surface area contributed by atoms with Crippen molar-refractivity contribution in [3.63, 3.8) is 0 Å². The van der Waals surface area contributed by atoms with Gasteiger partial charge in [-0.3, -0.25) is 14.8 Å². The molecular formula is C13H19N3O. The third-order valence-corrected chi connectivity index (χ3v) is 3.14. The standard InChI is InChI=1S/C13H19N3O/c1-9(2)13(17)16-6-4-5-12(16)11-8-14-7-10(3)15-11/h7-9,12H,4-6H2,1-3H3/t12-/m1/s1. The monoisotopic (exact) mass is 233 g/mol. The van der Waals surface area contributed by atoms with Crippen LogP contribution in [-0.2, 0) is 4.79 Å². The van der Waals surface area contributed by atoms with E-state index in [9.17, 15) is 4.79 Å². The van der Waals surface area contributed by atoms with Crippen molar-refractivity contribution < 1.29 is 4.79 Å². The van der Waals surface area contributed by atoms with Gasteiger partial charge >= 0.3 is 0 Å². The first kappa shape index (κ1) is 12.0. The number of carbonyl (C=O) groups is 1. The van der Waals surface area contributed by atoms with Gasteiger partial charge in [0.25, 0.3) is 0 Å². The highest BCUT2D eigenvalue weighted by atomic mass is 16.2. The number of hydrogen-bond acceptors (Lipinski definition) is 3. The Kier molecular flexibility index (Phi) is 3.41. The zero-order chi connectivity index (χ0) is 12.4. The average molecular weight is 233 g/mol. The fraction of sp³-hybridized carbons (Fsp3) is 0.615. The SMILES string of the molecule is Cc1cncc([C@H]2CCCN2C(=O)C(C)C)n1. The van der Waals surface area contributed by atoms with E-state index < -0.39 is 0 Å². The normalized spacial score (nSPS) is 20.0. The second-order valence-electron chi connectivity index (χ2n) is 4.93. The van der Waals surface area contributed by atoms with Crippen molar-refractivity contribution in [2.24, 2.45) is 5.92 Å². The summed E-state index contributed by atoms with van der Waals surface area (Å²) in [6, 6.07) is 0.122. The van der Waals surface area contributed by atoms with Crippen molar-refractivity contribution >= 4 is 5.91 Å². The van der Waals surface area contributed by atoms with Gasteiger partial charge in [-0.15, -0.1) is 0 Å². The molecule has 4 nitrogen and oxygen atoms in total. The van der Waals surface area contributed by atoms with Gasteiger partial charge in [0, 0.05) is 18.7 Å². The predicted octanol–water partition coefficient (Wildman–Crippen LogP) is 2.10. The third-order valence-electron chi connectivity index (χ3n) is 3.14. The number of likely N-dealkylation sites (tertiary alicyclic amines) is 1. The van der Waals surface area contributed by atoms with E-state index in [2.05, 4.69) is 9.97 Å². The highest BCUT2D eigenvalue weighted by Crippen LogP contribution is 2.31. The lowest BCUT2D eigenvalue weighted by Gasteiger charge is -2.25. The maximum Gasteiger partial charge on any atom is 0.225 e. The van der Waals surface area contributed by atoms with E-state index in [4.69, 9.17) is 0 Å².